The molecule has 1 aromatic heterocycles. The second-order valence-corrected chi connectivity index (χ2v) is 17.3. The largest absolute Gasteiger partial charge is 0.455 e. The lowest BCUT2D eigenvalue weighted by atomic mass is 9.65. The summed E-state index contributed by atoms with van der Waals surface area (Å²) >= 11 is 0. The number of amidine groups is 2. The van der Waals surface area contributed by atoms with E-state index in [1.807, 2.05) is 12.1 Å². The third kappa shape index (κ3) is 6.23. The van der Waals surface area contributed by atoms with E-state index in [1.54, 1.807) is 0 Å². The van der Waals surface area contributed by atoms with E-state index in [9.17, 15) is 0 Å². The molecule has 0 saturated heterocycles. The highest BCUT2D eigenvalue weighted by Gasteiger charge is 2.50. The van der Waals surface area contributed by atoms with E-state index in [-0.39, 0.29) is 0 Å². The van der Waals surface area contributed by atoms with Crippen LogP contribution in [-0.4, -0.2) is 11.7 Å². The maximum absolute atomic E-state index is 6.84. The second-order valence-electron chi connectivity index (χ2n) is 17.3. The molecule has 13 rings (SSSR count). The molecule has 2 atom stereocenters. The highest BCUT2D eigenvalue weighted by atomic mass is 16.3. The quantitative estimate of drug-likeness (QED) is 0.155. The van der Waals surface area contributed by atoms with Crippen molar-refractivity contribution in [2.75, 3.05) is 0 Å². The van der Waals surface area contributed by atoms with Gasteiger partial charge in [0, 0.05) is 33.0 Å². The van der Waals surface area contributed by atoms with Crippen molar-refractivity contribution in [2.24, 2.45) is 9.98 Å². The van der Waals surface area contributed by atoms with Crippen LogP contribution < -0.4 is 5.32 Å². The maximum Gasteiger partial charge on any atom is 0.159 e. The number of benzene rings is 9. The first kappa shape index (κ1) is 38.6. The molecule has 1 aliphatic heterocycles. The van der Waals surface area contributed by atoms with Crippen molar-refractivity contribution in [1.82, 2.24) is 5.32 Å². The summed E-state index contributed by atoms with van der Waals surface area (Å²) in [6.07, 6.45) is 5.94. The van der Waals surface area contributed by atoms with Gasteiger partial charge in [0.25, 0.3) is 0 Å². The van der Waals surface area contributed by atoms with Gasteiger partial charge in [-0.2, -0.15) is 0 Å². The van der Waals surface area contributed by atoms with Crippen LogP contribution in [0.2, 0.25) is 0 Å². The monoisotopic (exact) mass is 855 g/mol. The average Bonchev–Trinajstić information content (AvgIpc) is 4.16. The summed E-state index contributed by atoms with van der Waals surface area (Å²) < 4.78 is 6.84. The van der Waals surface area contributed by atoms with E-state index >= 15 is 0 Å². The van der Waals surface area contributed by atoms with Crippen LogP contribution >= 0.6 is 0 Å². The number of para-hydroxylation sites is 2. The summed E-state index contributed by atoms with van der Waals surface area (Å²) in [4.78, 5) is 11.0. The average molecular weight is 856 g/mol. The first-order valence-corrected chi connectivity index (χ1v) is 22.8. The summed E-state index contributed by atoms with van der Waals surface area (Å²) in [6, 6.07) is 77.6. The highest BCUT2D eigenvalue weighted by Crippen LogP contribution is 2.61. The fourth-order valence-electron chi connectivity index (χ4n) is 10.7. The van der Waals surface area contributed by atoms with Gasteiger partial charge in [0.05, 0.1) is 5.41 Å². The molecular formula is C63H41N3O. The van der Waals surface area contributed by atoms with Crippen molar-refractivity contribution >= 4 is 33.6 Å². The van der Waals surface area contributed by atoms with E-state index in [1.165, 1.54) is 5.56 Å². The Balaban J connectivity index is 1.09. The fraction of sp³-hybridized carbons (Fsp3) is 0.0317. The lowest BCUT2D eigenvalue weighted by Gasteiger charge is -2.35. The van der Waals surface area contributed by atoms with Crippen LogP contribution in [-0.2, 0) is 5.41 Å². The van der Waals surface area contributed by atoms with E-state index in [0.29, 0.717) is 5.84 Å². The van der Waals surface area contributed by atoms with Gasteiger partial charge >= 0.3 is 0 Å². The molecule has 1 N–H and O–H groups in total. The van der Waals surface area contributed by atoms with Crippen LogP contribution in [0.25, 0.3) is 66.4 Å². The number of hydrogen-bond acceptors (Lipinski definition) is 4. The zero-order valence-electron chi connectivity index (χ0n) is 36.4. The molecule has 0 bridgehead atoms. The van der Waals surface area contributed by atoms with Gasteiger partial charge in [0.2, 0.25) is 0 Å². The molecule has 0 saturated carbocycles. The van der Waals surface area contributed by atoms with Gasteiger partial charge in [-0.25, -0.2) is 9.98 Å². The standard InChI is InChI=1S/C63H41N3O/c1-4-19-41(20-5-1)43-23-16-25-45(39-43)60-64-61(46-26-17-24-44(40-46)42-21-6-2-7-22-42)66-62(65-60)54-38-37-50(52-34-18-33-51-49-31-13-15-36-56(49)67-59(51)52)58-57(54)53-32-12-14-35-55(53)63(58,48-29-10-11-30-48)47-27-8-3-9-28-47/h1-29,31-40,60H,(H,64,65,66). The highest BCUT2D eigenvalue weighted by molar-refractivity contribution is 6.18. The molecule has 2 unspecified atom stereocenters. The molecule has 9 aromatic carbocycles. The zero-order chi connectivity index (χ0) is 44.3. The van der Waals surface area contributed by atoms with Crippen molar-refractivity contribution in [3.8, 4) is 44.5 Å². The number of fused-ring (bicyclic) bond motifs is 6. The summed E-state index contributed by atoms with van der Waals surface area (Å²) in [6.45, 7) is 0. The topological polar surface area (TPSA) is 49.9 Å². The number of rotatable bonds is 8. The van der Waals surface area contributed by atoms with Crippen LogP contribution in [0.3, 0.4) is 0 Å². The Kier molecular flexibility index (Phi) is 9.06. The summed E-state index contributed by atoms with van der Waals surface area (Å²) in [5, 5.41) is 6.10. The summed E-state index contributed by atoms with van der Waals surface area (Å²) in [5.41, 5.74) is 21.2. The zero-order valence-corrected chi connectivity index (χ0v) is 36.4. The van der Waals surface area contributed by atoms with Gasteiger partial charge in [-0.1, -0.05) is 206 Å². The van der Waals surface area contributed by atoms with Crippen LogP contribution in [0.15, 0.2) is 262 Å². The molecule has 4 heteroatoms. The normalized spacial score (nSPS) is 16.9. The van der Waals surface area contributed by atoms with Gasteiger partial charge in [0.15, 0.2) is 5.84 Å². The number of nitrogens with one attached hydrogen (secondary N) is 1. The van der Waals surface area contributed by atoms with E-state index in [2.05, 4.69) is 236 Å². The van der Waals surface area contributed by atoms with Crippen molar-refractivity contribution < 1.29 is 4.42 Å². The molecule has 2 heterocycles. The Labute approximate surface area is 389 Å². The molecule has 0 amide bonds. The number of furan rings is 1. The molecule has 4 nitrogen and oxygen atoms in total. The number of hydrogen-bond donors (Lipinski definition) is 1. The number of nitrogens with zero attached hydrogens (tertiary/aromatic N) is 2. The lowest BCUT2D eigenvalue weighted by molar-refractivity contribution is 0.669. The molecule has 3 aliphatic rings. The third-order valence-electron chi connectivity index (χ3n) is 13.6. The Morgan fingerprint density at radius 3 is 1.93 bits per heavy atom. The Bertz CT molecular complexity index is 3760. The van der Waals surface area contributed by atoms with Crippen molar-refractivity contribution in [3.05, 3.63) is 281 Å². The predicted octanol–water partition coefficient (Wildman–Crippen LogP) is 15.0. The van der Waals surface area contributed by atoms with Crippen molar-refractivity contribution in [3.63, 3.8) is 0 Å². The molecule has 0 spiro atoms. The SMILES string of the molecule is C1=CC=CC=1C1(c2ccccc2)c2ccccc2-c2c(C3=NC(c4cccc(-c5ccccc5)c4)=NC(c4cccc(-c5ccccc5)c4)N3)ccc(-c3cccc4c3oc3ccccc34)c21. The minimum Gasteiger partial charge on any atom is -0.455 e. The molecule has 0 fully saturated rings. The van der Waals surface area contributed by atoms with Crippen LogP contribution in [0.4, 0.5) is 0 Å². The lowest BCUT2D eigenvalue weighted by Crippen LogP contribution is -2.34. The van der Waals surface area contributed by atoms with Crippen molar-refractivity contribution in [1.29, 1.82) is 0 Å². The van der Waals surface area contributed by atoms with E-state index < -0.39 is 11.6 Å². The smallest absolute Gasteiger partial charge is 0.159 e. The minimum absolute atomic E-state index is 0.440. The van der Waals surface area contributed by atoms with Crippen LogP contribution in [0.1, 0.15) is 39.5 Å². The Hall–Kier alpha value is -8.82. The third-order valence-corrected chi connectivity index (χ3v) is 13.6. The van der Waals surface area contributed by atoms with Gasteiger partial charge in [-0.15, -0.1) is 5.73 Å². The van der Waals surface area contributed by atoms with E-state index in [4.69, 9.17) is 14.4 Å². The van der Waals surface area contributed by atoms with Gasteiger partial charge in [-0.05, 0) is 91.5 Å². The molecule has 2 aliphatic carbocycles. The number of allylic oxidation sites excluding steroid dienone is 3. The van der Waals surface area contributed by atoms with Crippen LogP contribution in [0.5, 0.6) is 0 Å². The summed E-state index contributed by atoms with van der Waals surface area (Å²) in [7, 11) is 0. The fourth-order valence-corrected chi connectivity index (χ4v) is 10.7. The molecule has 314 valence electrons. The van der Waals surface area contributed by atoms with Gasteiger partial charge in [0.1, 0.15) is 23.2 Å². The molecule has 0 radical (unpaired) electrons. The van der Waals surface area contributed by atoms with Gasteiger partial charge < -0.3 is 9.73 Å². The molecule has 10 aromatic rings. The second kappa shape index (κ2) is 15.7. The Morgan fingerprint density at radius 2 is 1.13 bits per heavy atom. The maximum atomic E-state index is 6.84. The Morgan fingerprint density at radius 1 is 0.507 bits per heavy atom. The van der Waals surface area contributed by atoms with Crippen molar-refractivity contribution in [2.45, 2.75) is 11.6 Å². The first-order chi connectivity index (χ1) is 33.2. The van der Waals surface area contributed by atoms with E-state index in [0.717, 1.165) is 106 Å². The minimum atomic E-state index is -0.740. The molecular weight excluding hydrogens is 815 g/mol. The number of aliphatic imine (C=N–C) groups is 2. The van der Waals surface area contributed by atoms with Gasteiger partial charge in [-0.3, -0.25) is 0 Å². The molecule has 67 heavy (non-hydrogen) atoms. The summed E-state index contributed by atoms with van der Waals surface area (Å²) in [5.74, 6) is 1.41. The first-order valence-electron chi connectivity index (χ1n) is 22.8. The predicted molar refractivity (Wildman–Crippen MR) is 274 cm³/mol. The van der Waals surface area contributed by atoms with Crippen LogP contribution in [0, 0.1) is 0 Å².